The molecule has 4 rings (SSSR count). The number of hydrogen-bond donors (Lipinski definition) is 0. The SMILES string of the molecule is CC(=O)C1C(=O)c2ccc(N(C)S(=O)(=O)c3ccc4c(c3)C(=O)C(C(C)=O)C4=O)cc2C1=O. The van der Waals surface area contributed by atoms with Crippen LogP contribution >= 0.6 is 0 Å². The van der Waals surface area contributed by atoms with Gasteiger partial charge < -0.3 is 0 Å². The van der Waals surface area contributed by atoms with E-state index in [1.165, 1.54) is 31.3 Å². The summed E-state index contributed by atoms with van der Waals surface area (Å²) in [7, 11) is -3.03. The van der Waals surface area contributed by atoms with E-state index in [9.17, 15) is 37.2 Å². The summed E-state index contributed by atoms with van der Waals surface area (Å²) in [5, 5.41) is 0. The molecule has 2 aromatic carbocycles. The molecule has 0 heterocycles. The quantitative estimate of drug-likeness (QED) is 0.605. The number of carbonyl (C=O) groups is 6. The van der Waals surface area contributed by atoms with Gasteiger partial charge in [-0.1, -0.05) is 0 Å². The van der Waals surface area contributed by atoms with Gasteiger partial charge in [0.1, 0.15) is 23.4 Å². The van der Waals surface area contributed by atoms with Crippen LogP contribution in [0.1, 0.15) is 55.3 Å². The molecule has 9 nitrogen and oxygen atoms in total. The van der Waals surface area contributed by atoms with E-state index < -0.39 is 56.6 Å². The third kappa shape index (κ3) is 3.17. The second kappa shape index (κ2) is 7.38. The molecule has 0 fully saturated rings. The molecule has 0 aliphatic heterocycles. The Bertz CT molecular complexity index is 1440. The zero-order chi connectivity index (χ0) is 24.4. The van der Waals surface area contributed by atoms with Crippen molar-refractivity contribution in [3.05, 3.63) is 58.7 Å². The molecule has 0 N–H and O–H groups in total. The summed E-state index contributed by atoms with van der Waals surface area (Å²) in [5.74, 6) is -6.83. The molecule has 33 heavy (non-hydrogen) atoms. The van der Waals surface area contributed by atoms with Crippen molar-refractivity contribution in [3.63, 3.8) is 0 Å². The maximum absolute atomic E-state index is 13.2. The summed E-state index contributed by atoms with van der Waals surface area (Å²) in [5.41, 5.74) is -0.0959. The number of ketones is 6. The summed E-state index contributed by atoms with van der Waals surface area (Å²) in [6, 6.07) is 7.26. The number of carbonyl (C=O) groups excluding carboxylic acids is 6. The van der Waals surface area contributed by atoms with Crippen molar-refractivity contribution in [1.29, 1.82) is 0 Å². The lowest BCUT2D eigenvalue weighted by Crippen LogP contribution is -2.27. The van der Waals surface area contributed by atoms with Gasteiger partial charge in [0, 0.05) is 29.3 Å². The minimum atomic E-state index is -4.25. The normalized spacial score (nSPS) is 19.5. The van der Waals surface area contributed by atoms with Gasteiger partial charge in [0.2, 0.25) is 0 Å². The molecule has 2 aromatic rings. The van der Waals surface area contributed by atoms with Crippen molar-refractivity contribution in [2.45, 2.75) is 18.7 Å². The van der Waals surface area contributed by atoms with Gasteiger partial charge in [-0.25, -0.2) is 8.42 Å². The average molecular weight is 467 g/mol. The molecule has 2 aliphatic carbocycles. The standard InChI is InChI=1S/C23H17NO8S/c1-10(25)18-20(27)14-6-4-12(8-16(14)22(18)29)24(3)33(31,32)13-5-7-15-17(9-13)23(30)19(11(2)26)21(15)28/h4-9,18-19H,1-3H3. The highest BCUT2D eigenvalue weighted by Crippen LogP contribution is 2.34. The lowest BCUT2D eigenvalue weighted by molar-refractivity contribution is -0.119. The number of fused-ring (bicyclic) bond motifs is 2. The average Bonchev–Trinajstić information content (AvgIpc) is 3.16. The van der Waals surface area contributed by atoms with E-state index in [2.05, 4.69) is 0 Å². The summed E-state index contributed by atoms with van der Waals surface area (Å²) >= 11 is 0. The van der Waals surface area contributed by atoms with E-state index in [-0.39, 0.29) is 32.8 Å². The minimum absolute atomic E-state index is 0.0151. The fraction of sp³-hybridized carbons (Fsp3) is 0.217. The highest BCUT2D eigenvalue weighted by atomic mass is 32.2. The maximum Gasteiger partial charge on any atom is 0.264 e. The molecular formula is C23H17NO8S. The Labute approximate surface area is 188 Å². The Morgan fingerprint density at radius 1 is 0.697 bits per heavy atom. The van der Waals surface area contributed by atoms with Crippen LogP contribution in [-0.2, 0) is 19.6 Å². The predicted octanol–water partition coefficient (Wildman–Crippen LogP) is 1.68. The zero-order valence-electron chi connectivity index (χ0n) is 17.7. The van der Waals surface area contributed by atoms with Crippen LogP contribution in [-0.4, -0.2) is 50.2 Å². The number of nitrogens with zero attached hydrogens (tertiary/aromatic N) is 1. The van der Waals surface area contributed by atoms with Crippen LogP contribution in [0.15, 0.2) is 41.3 Å². The monoisotopic (exact) mass is 467 g/mol. The molecule has 0 saturated carbocycles. The van der Waals surface area contributed by atoms with E-state index >= 15 is 0 Å². The highest BCUT2D eigenvalue weighted by molar-refractivity contribution is 7.92. The van der Waals surface area contributed by atoms with Crippen LogP contribution < -0.4 is 4.31 Å². The summed E-state index contributed by atoms with van der Waals surface area (Å²) in [4.78, 5) is 72.7. The first-order valence-electron chi connectivity index (χ1n) is 9.82. The first-order chi connectivity index (χ1) is 15.4. The molecule has 0 amide bonds. The van der Waals surface area contributed by atoms with E-state index in [0.29, 0.717) is 0 Å². The second-order valence-electron chi connectivity index (χ2n) is 7.95. The van der Waals surface area contributed by atoms with Crippen molar-refractivity contribution in [2.24, 2.45) is 11.8 Å². The molecule has 0 spiro atoms. The number of rotatable bonds is 5. The van der Waals surface area contributed by atoms with Gasteiger partial charge in [-0.05, 0) is 50.2 Å². The van der Waals surface area contributed by atoms with Gasteiger partial charge >= 0.3 is 0 Å². The lowest BCUT2D eigenvalue weighted by atomic mass is 10.00. The van der Waals surface area contributed by atoms with Gasteiger partial charge in [0.05, 0.1) is 10.6 Å². The van der Waals surface area contributed by atoms with Crippen LogP contribution in [0.25, 0.3) is 0 Å². The molecule has 0 bridgehead atoms. The first kappa shape index (κ1) is 22.4. The topological polar surface area (TPSA) is 140 Å². The molecule has 10 heteroatoms. The largest absolute Gasteiger partial charge is 0.299 e. The molecule has 0 radical (unpaired) electrons. The molecule has 2 unspecified atom stereocenters. The number of Topliss-reactive ketones (excluding diaryl/α,β-unsaturated/α-hetero) is 6. The summed E-state index contributed by atoms with van der Waals surface area (Å²) in [6.45, 7) is 2.26. The van der Waals surface area contributed by atoms with Gasteiger partial charge in [-0.15, -0.1) is 0 Å². The third-order valence-electron chi connectivity index (χ3n) is 5.94. The van der Waals surface area contributed by atoms with Crippen LogP contribution in [0, 0.1) is 11.8 Å². The van der Waals surface area contributed by atoms with Gasteiger partial charge in [0.25, 0.3) is 10.0 Å². The smallest absolute Gasteiger partial charge is 0.264 e. The van der Waals surface area contributed by atoms with Crippen molar-refractivity contribution < 1.29 is 37.2 Å². The number of hydrogen-bond acceptors (Lipinski definition) is 8. The molecule has 168 valence electrons. The van der Waals surface area contributed by atoms with E-state index in [0.717, 1.165) is 30.3 Å². The van der Waals surface area contributed by atoms with E-state index in [4.69, 9.17) is 0 Å². The van der Waals surface area contributed by atoms with Crippen LogP contribution in [0.5, 0.6) is 0 Å². The summed E-state index contributed by atoms with van der Waals surface area (Å²) < 4.78 is 27.3. The Balaban J connectivity index is 1.73. The number of anilines is 1. The van der Waals surface area contributed by atoms with E-state index in [1.807, 2.05) is 0 Å². The van der Waals surface area contributed by atoms with Crippen LogP contribution in [0.3, 0.4) is 0 Å². The van der Waals surface area contributed by atoms with E-state index in [1.54, 1.807) is 0 Å². The van der Waals surface area contributed by atoms with Crippen molar-refractivity contribution in [1.82, 2.24) is 0 Å². The fourth-order valence-electron chi connectivity index (χ4n) is 4.14. The second-order valence-corrected chi connectivity index (χ2v) is 9.92. The fourth-order valence-corrected chi connectivity index (χ4v) is 5.36. The number of sulfonamides is 1. The third-order valence-corrected chi connectivity index (χ3v) is 7.72. The van der Waals surface area contributed by atoms with Crippen LogP contribution in [0.2, 0.25) is 0 Å². The maximum atomic E-state index is 13.2. The van der Waals surface area contributed by atoms with Gasteiger partial charge in [-0.2, -0.15) is 0 Å². The lowest BCUT2D eigenvalue weighted by Gasteiger charge is -2.20. The molecule has 0 aromatic heterocycles. The molecule has 2 atom stereocenters. The van der Waals surface area contributed by atoms with Gasteiger partial charge in [0.15, 0.2) is 23.1 Å². The Morgan fingerprint density at radius 2 is 1.12 bits per heavy atom. The van der Waals surface area contributed by atoms with Crippen molar-refractivity contribution in [2.75, 3.05) is 11.4 Å². The Kier molecular flexibility index (Phi) is 5.01. The van der Waals surface area contributed by atoms with Crippen molar-refractivity contribution >= 4 is 50.4 Å². The molecular weight excluding hydrogens is 450 g/mol. The minimum Gasteiger partial charge on any atom is -0.299 e. The Morgan fingerprint density at radius 3 is 1.61 bits per heavy atom. The molecule has 2 aliphatic rings. The molecule has 0 saturated heterocycles. The zero-order valence-corrected chi connectivity index (χ0v) is 18.6. The number of benzene rings is 2. The predicted molar refractivity (Wildman–Crippen MR) is 114 cm³/mol. The first-order valence-corrected chi connectivity index (χ1v) is 11.3. The highest BCUT2D eigenvalue weighted by Gasteiger charge is 2.43. The van der Waals surface area contributed by atoms with Gasteiger partial charge in [-0.3, -0.25) is 33.1 Å². The van der Waals surface area contributed by atoms with Crippen LogP contribution in [0.4, 0.5) is 5.69 Å². The Hall–Kier alpha value is -3.79. The van der Waals surface area contributed by atoms with Crippen molar-refractivity contribution in [3.8, 4) is 0 Å². The summed E-state index contributed by atoms with van der Waals surface area (Å²) in [6.07, 6.45) is 0.